The van der Waals surface area contributed by atoms with Crippen LogP contribution in [-0.2, 0) is 0 Å². The lowest BCUT2D eigenvalue weighted by Crippen LogP contribution is -2.46. The van der Waals surface area contributed by atoms with Gasteiger partial charge in [0.15, 0.2) is 0 Å². The molecule has 3 rings (SSSR count). The van der Waals surface area contributed by atoms with Crippen LogP contribution >= 0.6 is 0 Å². The minimum Gasteiger partial charge on any atom is -0.360 e. The molecule has 2 N–H and O–H groups in total. The molecule has 0 bridgehead atoms. The summed E-state index contributed by atoms with van der Waals surface area (Å²) in [7, 11) is 1.90. The molecule has 0 radical (unpaired) electrons. The summed E-state index contributed by atoms with van der Waals surface area (Å²) >= 11 is 0. The summed E-state index contributed by atoms with van der Waals surface area (Å²) in [5, 5.41) is 4.35. The second-order valence-corrected chi connectivity index (χ2v) is 5.16. The molecule has 4 heteroatoms. The maximum Gasteiger partial charge on any atom is 0.256 e. The van der Waals surface area contributed by atoms with Crippen molar-refractivity contribution in [3.63, 3.8) is 0 Å². The molecule has 0 aliphatic carbocycles. The number of rotatable bonds is 2. The lowest BCUT2D eigenvalue weighted by molar-refractivity contribution is 0.0710. The van der Waals surface area contributed by atoms with E-state index in [1.54, 1.807) is 0 Å². The van der Waals surface area contributed by atoms with Crippen LogP contribution in [0.2, 0.25) is 0 Å². The van der Waals surface area contributed by atoms with Crippen molar-refractivity contribution >= 4 is 16.8 Å². The Bertz CT molecular complexity index is 584. The van der Waals surface area contributed by atoms with Crippen LogP contribution in [0.1, 0.15) is 23.2 Å². The zero-order valence-corrected chi connectivity index (χ0v) is 11.1. The quantitative estimate of drug-likeness (QED) is 0.864. The number of hydrogen-bond donors (Lipinski definition) is 2. The van der Waals surface area contributed by atoms with Crippen LogP contribution in [0.3, 0.4) is 0 Å². The van der Waals surface area contributed by atoms with Crippen molar-refractivity contribution in [2.75, 3.05) is 20.1 Å². The molecule has 1 fully saturated rings. The van der Waals surface area contributed by atoms with Crippen LogP contribution in [0.25, 0.3) is 10.9 Å². The fraction of sp³-hybridized carbons (Fsp3) is 0.400. The first-order chi connectivity index (χ1) is 9.27. The smallest absolute Gasteiger partial charge is 0.256 e. The minimum atomic E-state index is 0.103. The van der Waals surface area contributed by atoms with Gasteiger partial charge in [-0.2, -0.15) is 0 Å². The number of aromatic amines is 1. The number of carbonyl (C=O) groups is 1. The standard InChI is InChI=1S/C15H19N3O/c1-18(11-5-4-8-16-9-11)15(19)13-10-17-14-7-3-2-6-12(13)14/h2-3,6-7,10-11,16-17H,4-5,8-9H2,1H3. The average Bonchev–Trinajstić information content (AvgIpc) is 2.90. The molecule has 19 heavy (non-hydrogen) atoms. The van der Waals surface area contributed by atoms with Gasteiger partial charge in [-0.15, -0.1) is 0 Å². The largest absolute Gasteiger partial charge is 0.360 e. The monoisotopic (exact) mass is 257 g/mol. The third kappa shape index (κ3) is 2.24. The van der Waals surface area contributed by atoms with Crippen LogP contribution < -0.4 is 5.32 Å². The molecule has 1 saturated heterocycles. The predicted octanol–water partition coefficient (Wildman–Crippen LogP) is 1.99. The van der Waals surface area contributed by atoms with Gasteiger partial charge >= 0.3 is 0 Å². The summed E-state index contributed by atoms with van der Waals surface area (Å²) in [5.41, 5.74) is 1.78. The zero-order chi connectivity index (χ0) is 13.2. The average molecular weight is 257 g/mol. The third-order valence-corrected chi connectivity index (χ3v) is 3.96. The van der Waals surface area contributed by atoms with Crippen molar-refractivity contribution in [1.82, 2.24) is 15.2 Å². The van der Waals surface area contributed by atoms with E-state index in [9.17, 15) is 4.79 Å². The van der Waals surface area contributed by atoms with Gasteiger partial charge in [-0.05, 0) is 25.5 Å². The normalized spacial score (nSPS) is 19.5. The maximum absolute atomic E-state index is 12.6. The summed E-state index contributed by atoms with van der Waals surface area (Å²) < 4.78 is 0. The van der Waals surface area contributed by atoms with Crippen LogP contribution in [0.15, 0.2) is 30.5 Å². The number of fused-ring (bicyclic) bond motifs is 1. The van der Waals surface area contributed by atoms with E-state index in [-0.39, 0.29) is 5.91 Å². The van der Waals surface area contributed by atoms with Crippen LogP contribution in [-0.4, -0.2) is 42.0 Å². The first-order valence-electron chi connectivity index (χ1n) is 6.81. The Morgan fingerprint density at radius 2 is 2.21 bits per heavy atom. The van der Waals surface area contributed by atoms with Crippen LogP contribution in [0.4, 0.5) is 0 Å². The van der Waals surface area contributed by atoms with Gasteiger partial charge in [0.05, 0.1) is 5.56 Å². The summed E-state index contributed by atoms with van der Waals surface area (Å²) in [5.74, 6) is 0.103. The highest BCUT2D eigenvalue weighted by Gasteiger charge is 2.24. The maximum atomic E-state index is 12.6. The van der Waals surface area contributed by atoms with E-state index in [1.165, 1.54) is 0 Å². The molecule has 1 unspecified atom stereocenters. The van der Waals surface area contributed by atoms with Crippen LogP contribution in [0.5, 0.6) is 0 Å². The van der Waals surface area contributed by atoms with Crippen LogP contribution in [0, 0.1) is 0 Å². The number of amides is 1. The predicted molar refractivity (Wildman–Crippen MR) is 76.3 cm³/mol. The molecule has 1 aromatic heterocycles. The van der Waals surface area contributed by atoms with Crippen molar-refractivity contribution in [3.05, 3.63) is 36.0 Å². The number of aromatic nitrogens is 1. The lowest BCUT2D eigenvalue weighted by Gasteiger charge is -2.31. The highest BCUT2D eigenvalue weighted by atomic mass is 16.2. The second kappa shape index (κ2) is 5.05. The van der Waals surface area contributed by atoms with E-state index in [0.29, 0.717) is 6.04 Å². The number of benzene rings is 1. The number of piperidine rings is 1. The highest BCUT2D eigenvalue weighted by molar-refractivity contribution is 6.06. The Morgan fingerprint density at radius 3 is 3.00 bits per heavy atom. The Hall–Kier alpha value is -1.81. The Labute approximate surface area is 112 Å². The molecule has 2 aromatic rings. The van der Waals surface area contributed by atoms with Gasteiger partial charge in [-0.1, -0.05) is 18.2 Å². The van der Waals surface area contributed by atoms with Gasteiger partial charge in [-0.25, -0.2) is 0 Å². The number of H-pyrrole nitrogens is 1. The molecule has 1 atom stereocenters. The second-order valence-electron chi connectivity index (χ2n) is 5.16. The van der Waals surface area contributed by atoms with E-state index in [4.69, 9.17) is 0 Å². The summed E-state index contributed by atoms with van der Waals surface area (Å²) in [6.07, 6.45) is 4.04. The lowest BCUT2D eigenvalue weighted by atomic mass is 10.0. The summed E-state index contributed by atoms with van der Waals surface area (Å²) in [4.78, 5) is 17.6. The van der Waals surface area contributed by atoms with Crippen molar-refractivity contribution < 1.29 is 4.79 Å². The number of nitrogens with one attached hydrogen (secondary N) is 2. The van der Waals surface area contributed by atoms with Gasteiger partial charge in [0, 0.05) is 36.7 Å². The van der Waals surface area contributed by atoms with Gasteiger partial charge < -0.3 is 15.2 Å². The van der Waals surface area contributed by atoms with E-state index in [1.807, 2.05) is 42.4 Å². The molecule has 0 spiro atoms. The molecule has 4 nitrogen and oxygen atoms in total. The Kier molecular flexibility index (Phi) is 3.25. The SMILES string of the molecule is CN(C(=O)c1c[nH]c2ccccc12)C1CCCNC1. The van der Waals surface area contributed by atoms with E-state index in [2.05, 4.69) is 10.3 Å². The molecule has 0 saturated carbocycles. The zero-order valence-electron chi connectivity index (χ0n) is 11.1. The molecule has 100 valence electrons. The van der Waals surface area contributed by atoms with Crippen molar-refractivity contribution in [3.8, 4) is 0 Å². The first kappa shape index (κ1) is 12.2. The van der Waals surface area contributed by atoms with E-state index >= 15 is 0 Å². The molecule has 1 aliphatic heterocycles. The molecule has 1 amide bonds. The van der Waals surface area contributed by atoms with Gasteiger partial charge in [0.25, 0.3) is 5.91 Å². The fourth-order valence-electron chi connectivity index (χ4n) is 2.77. The molecular formula is C15H19N3O. The number of likely N-dealkylation sites (N-methyl/N-ethyl adjacent to an activating group) is 1. The number of nitrogens with zero attached hydrogens (tertiary/aromatic N) is 1. The minimum absolute atomic E-state index is 0.103. The van der Waals surface area contributed by atoms with Gasteiger partial charge in [0.1, 0.15) is 0 Å². The number of hydrogen-bond acceptors (Lipinski definition) is 2. The highest BCUT2D eigenvalue weighted by Crippen LogP contribution is 2.20. The van der Waals surface area contributed by atoms with Crippen molar-refractivity contribution in [2.45, 2.75) is 18.9 Å². The first-order valence-corrected chi connectivity index (χ1v) is 6.81. The van der Waals surface area contributed by atoms with Gasteiger partial charge in [-0.3, -0.25) is 4.79 Å². The Balaban J connectivity index is 1.86. The van der Waals surface area contributed by atoms with E-state index in [0.717, 1.165) is 42.4 Å². The van der Waals surface area contributed by atoms with E-state index < -0.39 is 0 Å². The number of para-hydroxylation sites is 1. The molecular weight excluding hydrogens is 238 g/mol. The van der Waals surface area contributed by atoms with Gasteiger partial charge in [0.2, 0.25) is 0 Å². The third-order valence-electron chi connectivity index (χ3n) is 3.96. The molecule has 2 heterocycles. The topological polar surface area (TPSA) is 48.1 Å². The van der Waals surface area contributed by atoms with Crippen molar-refractivity contribution in [1.29, 1.82) is 0 Å². The molecule has 1 aromatic carbocycles. The molecule has 1 aliphatic rings. The Morgan fingerprint density at radius 1 is 1.37 bits per heavy atom. The van der Waals surface area contributed by atoms with Crippen molar-refractivity contribution in [2.24, 2.45) is 0 Å². The number of carbonyl (C=O) groups excluding carboxylic acids is 1. The summed E-state index contributed by atoms with van der Waals surface area (Å²) in [6, 6.07) is 8.23. The fourth-order valence-corrected chi connectivity index (χ4v) is 2.77. The summed E-state index contributed by atoms with van der Waals surface area (Å²) in [6.45, 7) is 1.95.